The monoisotopic (exact) mass is 305 g/mol. The highest BCUT2D eigenvalue weighted by Gasteiger charge is 2.31. The van der Waals surface area contributed by atoms with Gasteiger partial charge < -0.3 is 18.5 Å². The molecule has 1 aliphatic rings. The van der Waals surface area contributed by atoms with Gasteiger partial charge in [-0.1, -0.05) is 0 Å². The summed E-state index contributed by atoms with van der Waals surface area (Å²) in [5, 5.41) is 7.78. The highest BCUT2D eigenvalue weighted by atomic mass is 16.5. The minimum Gasteiger partial charge on any atom is -0.466 e. The van der Waals surface area contributed by atoms with Gasteiger partial charge >= 0.3 is 0 Å². The molecular formula is C15H19N3O4. The van der Waals surface area contributed by atoms with Gasteiger partial charge in [0.05, 0.1) is 18.7 Å². The van der Waals surface area contributed by atoms with E-state index in [0.29, 0.717) is 42.8 Å². The smallest absolute Gasteiger partial charge is 0.257 e. The van der Waals surface area contributed by atoms with Crippen LogP contribution in [-0.2, 0) is 4.74 Å². The van der Waals surface area contributed by atoms with Gasteiger partial charge in [-0.15, -0.1) is 10.2 Å². The molecule has 0 N–H and O–H groups in total. The van der Waals surface area contributed by atoms with Crippen LogP contribution in [-0.4, -0.2) is 40.7 Å². The van der Waals surface area contributed by atoms with Gasteiger partial charge in [0.1, 0.15) is 11.5 Å². The second kappa shape index (κ2) is 5.57. The summed E-state index contributed by atoms with van der Waals surface area (Å²) in [7, 11) is 0. The van der Waals surface area contributed by atoms with Gasteiger partial charge in [-0.2, -0.15) is 0 Å². The number of aryl methyl sites for hydroxylation is 3. The van der Waals surface area contributed by atoms with Crippen LogP contribution < -0.4 is 0 Å². The lowest BCUT2D eigenvalue weighted by Crippen LogP contribution is -2.42. The van der Waals surface area contributed by atoms with Crippen LogP contribution in [0.5, 0.6) is 0 Å². The Balaban J connectivity index is 1.81. The lowest BCUT2D eigenvalue weighted by Gasteiger charge is -2.31. The maximum Gasteiger partial charge on any atom is 0.257 e. The molecule has 0 aromatic carbocycles. The van der Waals surface area contributed by atoms with Crippen LogP contribution in [0.25, 0.3) is 0 Å². The van der Waals surface area contributed by atoms with Crippen molar-refractivity contribution in [3.8, 4) is 0 Å². The lowest BCUT2D eigenvalue weighted by molar-refractivity contribution is -0.0350. The number of hydrogen-bond acceptors (Lipinski definition) is 6. The Morgan fingerprint density at radius 2 is 1.91 bits per heavy atom. The van der Waals surface area contributed by atoms with Crippen LogP contribution in [0.1, 0.15) is 45.3 Å². The Labute approximate surface area is 128 Å². The summed E-state index contributed by atoms with van der Waals surface area (Å²) in [5.74, 6) is 2.28. The molecule has 1 amide bonds. The summed E-state index contributed by atoms with van der Waals surface area (Å²) >= 11 is 0. The molecule has 3 rings (SSSR count). The van der Waals surface area contributed by atoms with Gasteiger partial charge in [-0.25, -0.2) is 0 Å². The zero-order valence-electron chi connectivity index (χ0n) is 13.2. The van der Waals surface area contributed by atoms with Crippen molar-refractivity contribution in [3.63, 3.8) is 0 Å². The molecule has 2 aromatic heterocycles. The fourth-order valence-electron chi connectivity index (χ4n) is 2.69. The molecule has 7 nitrogen and oxygen atoms in total. The van der Waals surface area contributed by atoms with Crippen molar-refractivity contribution in [1.29, 1.82) is 0 Å². The molecule has 118 valence electrons. The molecule has 1 saturated heterocycles. The summed E-state index contributed by atoms with van der Waals surface area (Å²) in [6.45, 7) is 8.67. The molecule has 1 fully saturated rings. The highest BCUT2D eigenvalue weighted by molar-refractivity contribution is 5.97. The molecule has 0 unspecified atom stereocenters. The van der Waals surface area contributed by atoms with Crippen LogP contribution in [0.3, 0.4) is 0 Å². The molecule has 22 heavy (non-hydrogen) atoms. The number of hydrogen-bond donors (Lipinski definition) is 0. The Morgan fingerprint density at radius 3 is 2.50 bits per heavy atom. The summed E-state index contributed by atoms with van der Waals surface area (Å²) in [5.41, 5.74) is 1.53. The van der Waals surface area contributed by atoms with E-state index in [1.165, 1.54) is 0 Å². The maximum atomic E-state index is 12.8. The van der Waals surface area contributed by atoms with E-state index in [2.05, 4.69) is 10.2 Å². The van der Waals surface area contributed by atoms with E-state index < -0.39 is 0 Å². The molecule has 1 atom stereocenters. The van der Waals surface area contributed by atoms with E-state index in [1.807, 2.05) is 20.8 Å². The lowest BCUT2D eigenvalue weighted by atomic mass is 10.1. The highest BCUT2D eigenvalue weighted by Crippen LogP contribution is 2.26. The third kappa shape index (κ3) is 2.52. The third-order valence-corrected chi connectivity index (χ3v) is 3.95. The topological polar surface area (TPSA) is 81.6 Å². The number of aromatic nitrogens is 2. The van der Waals surface area contributed by atoms with Crippen molar-refractivity contribution in [2.75, 3.05) is 19.7 Å². The summed E-state index contributed by atoms with van der Waals surface area (Å²) in [4.78, 5) is 14.5. The van der Waals surface area contributed by atoms with Crippen LogP contribution in [0.15, 0.2) is 8.83 Å². The molecule has 7 heteroatoms. The van der Waals surface area contributed by atoms with Gasteiger partial charge in [0, 0.05) is 19.0 Å². The van der Waals surface area contributed by atoms with Crippen molar-refractivity contribution in [2.24, 2.45) is 0 Å². The average molecular weight is 305 g/mol. The molecule has 3 heterocycles. The molecule has 0 saturated carbocycles. The van der Waals surface area contributed by atoms with E-state index in [4.69, 9.17) is 13.6 Å². The normalized spacial score (nSPS) is 18.7. The standard InChI is InChI=1S/C15H19N3O4/c1-8-9(2)21-10(3)13(8)15(19)18-5-6-20-12(7-18)14-17-16-11(4)22-14/h12H,5-7H2,1-4H3/t12-/m0/s1. The second-order valence-electron chi connectivity index (χ2n) is 5.48. The van der Waals surface area contributed by atoms with E-state index >= 15 is 0 Å². The zero-order chi connectivity index (χ0) is 15.9. The fraction of sp³-hybridized carbons (Fsp3) is 0.533. The van der Waals surface area contributed by atoms with Crippen molar-refractivity contribution in [2.45, 2.75) is 33.8 Å². The van der Waals surface area contributed by atoms with Crippen LogP contribution in [0.2, 0.25) is 0 Å². The van der Waals surface area contributed by atoms with E-state index in [9.17, 15) is 4.79 Å². The van der Waals surface area contributed by atoms with Gasteiger partial charge in [-0.05, 0) is 20.8 Å². The molecule has 0 bridgehead atoms. The fourth-order valence-corrected chi connectivity index (χ4v) is 2.69. The van der Waals surface area contributed by atoms with Gasteiger partial charge in [-0.3, -0.25) is 4.79 Å². The largest absolute Gasteiger partial charge is 0.466 e. The van der Waals surface area contributed by atoms with Crippen molar-refractivity contribution < 1.29 is 18.4 Å². The van der Waals surface area contributed by atoms with Crippen LogP contribution in [0.4, 0.5) is 0 Å². The number of carbonyl (C=O) groups excluding carboxylic acids is 1. The molecule has 1 aliphatic heterocycles. The van der Waals surface area contributed by atoms with Crippen molar-refractivity contribution in [3.05, 3.63) is 34.4 Å². The third-order valence-electron chi connectivity index (χ3n) is 3.95. The van der Waals surface area contributed by atoms with Gasteiger partial charge in [0.2, 0.25) is 11.8 Å². The van der Waals surface area contributed by atoms with Crippen molar-refractivity contribution >= 4 is 5.91 Å². The molecular weight excluding hydrogens is 286 g/mol. The van der Waals surface area contributed by atoms with E-state index in [-0.39, 0.29) is 12.0 Å². The number of rotatable bonds is 2. The number of furan rings is 1. The minimum atomic E-state index is -0.382. The maximum absolute atomic E-state index is 12.8. The first-order valence-corrected chi connectivity index (χ1v) is 7.25. The molecule has 0 radical (unpaired) electrons. The zero-order valence-corrected chi connectivity index (χ0v) is 13.2. The minimum absolute atomic E-state index is 0.0450. The first kappa shape index (κ1) is 14.8. The summed E-state index contributed by atoms with van der Waals surface area (Å²) in [6, 6.07) is 0. The van der Waals surface area contributed by atoms with E-state index in [1.54, 1.807) is 11.8 Å². The quantitative estimate of drug-likeness (QED) is 0.845. The SMILES string of the molecule is Cc1nnc([C@@H]2CN(C(=O)c3c(C)oc(C)c3C)CCO2)o1. The molecule has 0 spiro atoms. The Hall–Kier alpha value is -2.15. The van der Waals surface area contributed by atoms with Gasteiger partial charge in [0.25, 0.3) is 5.91 Å². The predicted octanol–water partition coefficient (Wildman–Crippen LogP) is 2.11. The van der Waals surface area contributed by atoms with Gasteiger partial charge in [0.15, 0.2) is 6.10 Å². The molecule has 2 aromatic rings. The Morgan fingerprint density at radius 1 is 1.14 bits per heavy atom. The Kier molecular flexibility index (Phi) is 3.74. The van der Waals surface area contributed by atoms with E-state index in [0.717, 1.165) is 11.3 Å². The predicted molar refractivity (Wildman–Crippen MR) is 76.6 cm³/mol. The number of ether oxygens (including phenoxy) is 1. The summed E-state index contributed by atoms with van der Waals surface area (Å²) in [6.07, 6.45) is -0.382. The average Bonchev–Trinajstić information content (AvgIpc) is 3.03. The number of carbonyl (C=O) groups is 1. The first-order chi connectivity index (χ1) is 10.5. The number of amides is 1. The van der Waals surface area contributed by atoms with Crippen LogP contribution in [0, 0.1) is 27.7 Å². The second-order valence-corrected chi connectivity index (χ2v) is 5.48. The number of nitrogens with zero attached hydrogens (tertiary/aromatic N) is 3. The number of morpholine rings is 1. The molecule has 0 aliphatic carbocycles. The Bertz CT molecular complexity index is 704. The van der Waals surface area contributed by atoms with Crippen LogP contribution >= 0.6 is 0 Å². The first-order valence-electron chi connectivity index (χ1n) is 7.25. The van der Waals surface area contributed by atoms with Crippen molar-refractivity contribution in [1.82, 2.24) is 15.1 Å². The summed E-state index contributed by atoms with van der Waals surface area (Å²) < 4.78 is 16.6.